The van der Waals surface area contributed by atoms with Crippen molar-refractivity contribution in [3.8, 4) is 0 Å². The zero-order valence-corrected chi connectivity index (χ0v) is 9.86. The van der Waals surface area contributed by atoms with Gasteiger partial charge in [-0.2, -0.15) is 0 Å². The van der Waals surface area contributed by atoms with Gasteiger partial charge in [0, 0.05) is 33.3 Å². The minimum atomic E-state index is 0.844. The number of hydrogen-bond acceptors (Lipinski definition) is 5. The van der Waals surface area contributed by atoms with Crippen molar-refractivity contribution in [2.24, 2.45) is 0 Å². The van der Waals surface area contributed by atoms with E-state index in [1.54, 1.807) is 6.33 Å². The predicted octanol–water partition coefficient (Wildman–Crippen LogP) is 0.516. The van der Waals surface area contributed by atoms with Gasteiger partial charge in [-0.15, -0.1) is 0 Å². The molecule has 0 aliphatic carbocycles. The summed E-state index contributed by atoms with van der Waals surface area (Å²) < 4.78 is 0. The van der Waals surface area contributed by atoms with Crippen molar-refractivity contribution >= 4 is 11.6 Å². The first-order valence-electron chi connectivity index (χ1n) is 4.99. The van der Waals surface area contributed by atoms with E-state index in [4.69, 9.17) is 0 Å². The second-order valence-corrected chi connectivity index (χ2v) is 3.74. The highest BCUT2D eigenvalue weighted by Gasteiger charge is 2.03. The van der Waals surface area contributed by atoms with Crippen LogP contribution in [0, 0.1) is 0 Å². The molecule has 5 nitrogen and oxygen atoms in total. The van der Waals surface area contributed by atoms with Crippen molar-refractivity contribution < 1.29 is 0 Å². The molecule has 0 saturated heterocycles. The smallest absolute Gasteiger partial charge is 0.133 e. The zero-order valence-electron chi connectivity index (χ0n) is 9.86. The summed E-state index contributed by atoms with van der Waals surface area (Å²) in [5.41, 5.74) is 0. The topological polar surface area (TPSA) is 44.3 Å². The van der Waals surface area contributed by atoms with E-state index < -0.39 is 0 Å². The quantitative estimate of drug-likeness (QED) is 0.765. The Balaban J connectivity index is 2.60. The van der Waals surface area contributed by atoms with Crippen molar-refractivity contribution in [3.63, 3.8) is 0 Å². The molecule has 0 spiro atoms. The van der Waals surface area contributed by atoms with Crippen LogP contribution in [0.15, 0.2) is 12.4 Å². The van der Waals surface area contributed by atoms with Crippen molar-refractivity contribution in [2.45, 2.75) is 0 Å². The Kier molecular flexibility index (Phi) is 4.30. The standard InChI is InChI=1S/C10H19N5/c1-11-9-7-10(13-8-12-9)15(4)6-5-14(2)3/h7-8H,5-6H2,1-4H3,(H,11,12,13). The molecule has 0 bridgehead atoms. The molecule has 0 atom stereocenters. The van der Waals surface area contributed by atoms with Crippen molar-refractivity contribution in [1.82, 2.24) is 14.9 Å². The second kappa shape index (κ2) is 5.50. The fourth-order valence-corrected chi connectivity index (χ4v) is 1.16. The number of likely N-dealkylation sites (N-methyl/N-ethyl adjacent to an activating group) is 2. The van der Waals surface area contributed by atoms with Gasteiger partial charge in [-0.1, -0.05) is 0 Å². The number of anilines is 2. The van der Waals surface area contributed by atoms with Crippen LogP contribution in [0.25, 0.3) is 0 Å². The van der Waals surface area contributed by atoms with Gasteiger partial charge in [0.15, 0.2) is 0 Å². The molecule has 1 rings (SSSR count). The highest BCUT2D eigenvalue weighted by molar-refractivity contribution is 5.47. The summed E-state index contributed by atoms with van der Waals surface area (Å²) in [6.07, 6.45) is 1.58. The molecule has 5 heteroatoms. The molecule has 0 unspecified atom stereocenters. The molecular formula is C10H19N5. The van der Waals surface area contributed by atoms with Crippen molar-refractivity contribution in [2.75, 3.05) is 51.5 Å². The molecule has 0 aliphatic heterocycles. The Labute approximate surface area is 91.1 Å². The van der Waals surface area contributed by atoms with E-state index in [2.05, 4.69) is 39.2 Å². The van der Waals surface area contributed by atoms with Gasteiger partial charge in [0.25, 0.3) is 0 Å². The molecule has 1 aromatic heterocycles. The molecule has 1 heterocycles. The second-order valence-electron chi connectivity index (χ2n) is 3.74. The van der Waals surface area contributed by atoms with Gasteiger partial charge in [0.1, 0.15) is 18.0 Å². The van der Waals surface area contributed by atoms with Gasteiger partial charge in [0.2, 0.25) is 0 Å². The largest absolute Gasteiger partial charge is 0.373 e. The van der Waals surface area contributed by atoms with E-state index >= 15 is 0 Å². The Hall–Kier alpha value is -1.36. The van der Waals surface area contributed by atoms with E-state index in [0.717, 1.165) is 24.7 Å². The highest BCUT2D eigenvalue weighted by atomic mass is 15.2. The molecule has 0 aromatic carbocycles. The maximum Gasteiger partial charge on any atom is 0.133 e. The normalized spacial score (nSPS) is 10.5. The Morgan fingerprint density at radius 2 is 1.93 bits per heavy atom. The number of hydrogen-bond donors (Lipinski definition) is 1. The van der Waals surface area contributed by atoms with Crippen molar-refractivity contribution in [1.29, 1.82) is 0 Å². The maximum atomic E-state index is 4.22. The van der Waals surface area contributed by atoms with Gasteiger partial charge >= 0.3 is 0 Å². The first kappa shape index (κ1) is 11.7. The zero-order chi connectivity index (χ0) is 11.3. The van der Waals surface area contributed by atoms with Gasteiger partial charge in [-0.05, 0) is 14.1 Å². The lowest BCUT2D eigenvalue weighted by Gasteiger charge is -2.20. The first-order valence-corrected chi connectivity index (χ1v) is 4.99. The third-order valence-electron chi connectivity index (χ3n) is 2.18. The molecule has 0 saturated carbocycles. The van der Waals surface area contributed by atoms with E-state index in [1.165, 1.54) is 0 Å². The fourth-order valence-electron chi connectivity index (χ4n) is 1.16. The predicted molar refractivity (Wildman–Crippen MR) is 63.4 cm³/mol. The van der Waals surface area contributed by atoms with Gasteiger partial charge in [-0.25, -0.2) is 9.97 Å². The van der Waals surface area contributed by atoms with E-state index in [1.807, 2.05) is 20.2 Å². The number of nitrogens with one attached hydrogen (secondary N) is 1. The molecule has 0 fully saturated rings. The summed E-state index contributed by atoms with van der Waals surface area (Å²) >= 11 is 0. The van der Waals surface area contributed by atoms with Crippen LogP contribution in [0.3, 0.4) is 0 Å². The van der Waals surface area contributed by atoms with Crippen LogP contribution in [-0.4, -0.2) is 56.1 Å². The molecule has 15 heavy (non-hydrogen) atoms. The average molecular weight is 209 g/mol. The summed E-state index contributed by atoms with van der Waals surface area (Å²) in [4.78, 5) is 12.6. The lowest BCUT2D eigenvalue weighted by atomic mass is 10.4. The SMILES string of the molecule is CNc1cc(N(C)CCN(C)C)ncn1. The number of rotatable bonds is 5. The lowest BCUT2D eigenvalue weighted by Crippen LogP contribution is -2.29. The number of aromatic nitrogens is 2. The lowest BCUT2D eigenvalue weighted by molar-refractivity contribution is 0.416. The molecule has 0 radical (unpaired) electrons. The van der Waals surface area contributed by atoms with Gasteiger partial charge in [-0.3, -0.25) is 0 Å². The van der Waals surface area contributed by atoms with Crippen LogP contribution in [0.1, 0.15) is 0 Å². The molecule has 1 aromatic rings. The molecule has 84 valence electrons. The third-order valence-corrected chi connectivity index (χ3v) is 2.18. The number of nitrogens with zero attached hydrogens (tertiary/aromatic N) is 4. The van der Waals surface area contributed by atoms with Crippen LogP contribution in [-0.2, 0) is 0 Å². The minimum Gasteiger partial charge on any atom is -0.373 e. The summed E-state index contributed by atoms with van der Waals surface area (Å²) in [5.74, 6) is 1.79. The average Bonchev–Trinajstić information content (AvgIpc) is 2.26. The summed E-state index contributed by atoms with van der Waals surface area (Å²) in [6.45, 7) is 1.96. The monoisotopic (exact) mass is 209 g/mol. The first-order chi connectivity index (χ1) is 7.13. The van der Waals surface area contributed by atoms with Gasteiger partial charge in [0.05, 0.1) is 0 Å². The molecular weight excluding hydrogens is 190 g/mol. The maximum absolute atomic E-state index is 4.22. The van der Waals surface area contributed by atoms with Crippen LogP contribution >= 0.6 is 0 Å². The molecule has 0 amide bonds. The van der Waals surface area contributed by atoms with Crippen LogP contribution in [0.5, 0.6) is 0 Å². The molecule has 0 aliphatic rings. The minimum absolute atomic E-state index is 0.844. The van der Waals surface area contributed by atoms with E-state index in [0.29, 0.717) is 0 Å². The Morgan fingerprint density at radius 3 is 2.53 bits per heavy atom. The summed E-state index contributed by atoms with van der Waals surface area (Å²) in [7, 11) is 8.01. The summed E-state index contributed by atoms with van der Waals surface area (Å²) in [5, 5.41) is 3.00. The highest BCUT2D eigenvalue weighted by Crippen LogP contribution is 2.11. The fraction of sp³-hybridized carbons (Fsp3) is 0.600. The third kappa shape index (κ3) is 3.71. The van der Waals surface area contributed by atoms with E-state index in [9.17, 15) is 0 Å². The van der Waals surface area contributed by atoms with Crippen molar-refractivity contribution in [3.05, 3.63) is 12.4 Å². The van der Waals surface area contributed by atoms with Crippen LogP contribution in [0.4, 0.5) is 11.6 Å². The Morgan fingerprint density at radius 1 is 1.20 bits per heavy atom. The Bertz CT molecular complexity index is 300. The van der Waals surface area contributed by atoms with Crippen LogP contribution in [0.2, 0.25) is 0 Å². The van der Waals surface area contributed by atoms with Crippen LogP contribution < -0.4 is 10.2 Å². The van der Waals surface area contributed by atoms with E-state index in [-0.39, 0.29) is 0 Å². The molecule has 1 N–H and O–H groups in total. The summed E-state index contributed by atoms with van der Waals surface area (Å²) in [6, 6.07) is 1.94. The van der Waals surface area contributed by atoms with Gasteiger partial charge < -0.3 is 15.1 Å².